The highest BCUT2D eigenvalue weighted by atomic mass is 32.1. The molecule has 34 heavy (non-hydrogen) atoms. The molecule has 3 rings (SSSR count). The first-order valence-corrected chi connectivity index (χ1v) is 11.9. The number of thiophene rings is 1. The van der Waals surface area contributed by atoms with Gasteiger partial charge in [0.05, 0.1) is 45.5 Å². The number of aryl methyl sites for hydroxylation is 1. The van der Waals surface area contributed by atoms with E-state index in [2.05, 4.69) is 5.32 Å². The number of benzene rings is 1. The van der Waals surface area contributed by atoms with Gasteiger partial charge < -0.3 is 29.0 Å². The molecule has 184 valence electrons. The van der Waals surface area contributed by atoms with Gasteiger partial charge in [0.25, 0.3) is 5.91 Å². The zero-order valence-electron chi connectivity index (χ0n) is 19.9. The molecule has 1 aromatic carbocycles. The molecule has 0 aliphatic heterocycles. The van der Waals surface area contributed by atoms with Crippen LogP contribution in [0.25, 0.3) is 0 Å². The molecule has 0 fully saturated rings. The normalized spacial score (nSPS) is 14.2. The number of hydrogen-bond acceptors (Lipinski definition) is 9. The summed E-state index contributed by atoms with van der Waals surface area (Å²) in [6, 6.07) is 3.14. The fourth-order valence-electron chi connectivity index (χ4n) is 3.93. The molecular formula is C24H29NO8S. The lowest BCUT2D eigenvalue weighted by Crippen LogP contribution is -2.18. The molecule has 1 aromatic heterocycles. The predicted molar refractivity (Wildman–Crippen MR) is 127 cm³/mol. The van der Waals surface area contributed by atoms with Gasteiger partial charge >= 0.3 is 11.9 Å². The minimum atomic E-state index is -0.625. The molecule has 1 amide bonds. The third-order valence-electron chi connectivity index (χ3n) is 5.30. The number of nitrogens with one attached hydrogen (secondary N) is 1. The Morgan fingerprint density at radius 3 is 2.12 bits per heavy atom. The molecular weight excluding hydrogens is 462 g/mol. The SMILES string of the molecule is CCOc1cc(C(=O)Nc2sc3c(c2C(=O)OC)[C@H](C(=O)OC)CC3)cc(OCC)c1OCC. The average molecular weight is 492 g/mol. The molecule has 1 N–H and O–H groups in total. The van der Waals surface area contributed by atoms with Crippen molar-refractivity contribution in [2.24, 2.45) is 0 Å². The number of fused-ring (bicyclic) bond motifs is 1. The van der Waals surface area contributed by atoms with E-state index in [4.69, 9.17) is 23.7 Å². The molecule has 10 heteroatoms. The van der Waals surface area contributed by atoms with Crippen molar-refractivity contribution < 1.29 is 38.1 Å². The van der Waals surface area contributed by atoms with Crippen molar-refractivity contribution >= 4 is 34.2 Å². The summed E-state index contributed by atoms with van der Waals surface area (Å²) in [5.74, 6) is -0.899. The van der Waals surface area contributed by atoms with Crippen LogP contribution in [0.2, 0.25) is 0 Å². The van der Waals surface area contributed by atoms with E-state index in [1.807, 2.05) is 20.8 Å². The number of ether oxygens (including phenoxy) is 5. The summed E-state index contributed by atoms with van der Waals surface area (Å²) in [7, 11) is 2.57. The maximum absolute atomic E-state index is 13.3. The van der Waals surface area contributed by atoms with Crippen molar-refractivity contribution in [3.63, 3.8) is 0 Å². The van der Waals surface area contributed by atoms with E-state index >= 15 is 0 Å². The molecule has 1 atom stereocenters. The Labute approximate surface area is 202 Å². The first-order valence-electron chi connectivity index (χ1n) is 11.1. The lowest BCUT2D eigenvalue weighted by Gasteiger charge is -2.17. The standard InChI is InChI=1S/C24H29NO8S/c1-6-31-15-11-13(12-16(32-7-2)20(15)33-8-3)21(26)25-22-19(24(28)30-5)18-14(23(27)29-4)9-10-17(18)34-22/h11-12,14H,6-10H2,1-5H3,(H,25,26)/t14-/m1/s1. The Balaban J connectivity index is 2.01. The molecule has 1 aliphatic rings. The number of rotatable bonds is 10. The number of amides is 1. The zero-order chi connectivity index (χ0) is 24.8. The van der Waals surface area contributed by atoms with E-state index < -0.39 is 23.8 Å². The molecule has 0 saturated heterocycles. The number of carbonyl (C=O) groups excluding carboxylic acids is 3. The molecule has 0 spiro atoms. The van der Waals surface area contributed by atoms with Crippen LogP contribution in [0, 0.1) is 0 Å². The molecule has 0 radical (unpaired) electrons. The van der Waals surface area contributed by atoms with Crippen LogP contribution in [-0.4, -0.2) is 51.9 Å². The van der Waals surface area contributed by atoms with Crippen LogP contribution < -0.4 is 19.5 Å². The van der Waals surface area contributed by atoms with Gasteiger partial charge in [-0.25, -0.2) is 4.79 Å². The van der Waals surface area contributed by atoms with E-state index in [-0.39, 0.29) is 11.1 Å². The van der Waals surface area contributed by atoms with Crippen molar-refractivity contribution in [2.45, 2.75) is 39.5 Å². The summed E-state index contributed by atoms with van der Waals surface area (Å²) < 4.78 is 26.9. The second-order valence-electron chi connectivity index (χ2n) is 7.30. The van der Waals surface area contributed by atoms with Crippen LogP contribution in [0.15, 0.2) is 12.1 Å². The van der Waals surface area contributed by atoms with Gasteiger partial charge in [-0.3, -0.25) is 9.59 Å². The minimum absolute atomic E-state index is 0.185. The first kappa shape index (κ1) is 25.4. The van der Waals surface area contributed by atoms with Crippen LogP contribution in [-0.2, 0) is 20.7 Å². The van der Waals surface area contributed by atoms with Gasteiger partial charge in [0.15, 0.2) is 11.5 Å². The summed E-state index contributed by atoms with van der Waals surface area (Å²) in [6.45, 7) is 6.65. The van der Waals surface area contributed by atoms with Crippen molar-refractivity contribution in [2.75, 3.05) is 39.4 Å². The van der Waals surface area contributed by atoms with Crippen molar-refractivity contribution in [1.82, 2.24) is 0 Å². The fraction of sp³-hybridized carbons (Fsp3) is 0.458. The van der Waals surface area contributed by atoms with Gasteiger partial charge in [-0.1, -0.05) is 0 Å². The van der Waals surface area contributed by atoms with Gasteiger partial charge in [-0.05, 0) is 51.3 Å². The second kappa shape index (κ2) is 11.2. The Morgan fingerprint density at radius 1 is 0.971 bits per heavy atom. The van der Waals surface area contributed by atoms with Gasteiger partial charge in [-0.15, -0.1) is 11.3 Å². The van der Waals surface area contributed by atoms with E-state index in [1.54, 1.807) is 12.1 Å². The lowest BCUT2D eigenvalue weighted by molar-refractivity contribution is -0.142. The van der Waals surface area contributed by atoms with Gasteiger partial charge in [0.1, 0.15) is 5.00 Å². The first-order chi connectivity index (χ1) is 16.4. The van der Waals surface area contributed by atoms with E-state index in [1.165, 1.54) is 25.6 Å². The monoisotopic (exact) mass is 491 g/mol. The Hall–Kier alpha value is -3.27. The highest BCUT2D eigenvalue weighted by Crippen LogP contribution is 2.46. The van der Waals surface area contributed by atoms with Crippen LogP contribution in [0.4, 0.5) is 5.00 Å². The Morgan fingerprint density at radius 2 is 1.59 bits per heavy atom. The fourth-order valence-corrected chi connectivity index (χ4v) is 5.19. The highest BCUT2D eigenvalue weighted by molar-refractivity contribution is 7.17. The van der Waals surface area contributed by atoms with E-state index in [0.29, 0.717) is 60.5 Å². The molecule has 0 unspecified atom stereocenters. The quantitative estimate of drug-likeness (QED) is 0.493. The van der Waals surface area contributed by atoms with Crippen molar-refractivity contribution in [3.8, 4) is 17.2 Å². The van der Waals surface area contributed by atoms with Crippen LogP contribution >= 0.6 is 11.3 Å². The van der Waals surface area contributed by atoms with Crippen molar-refractivity contribution in [3.05, 3.63) is 33.7 Å². The van der Waals surface area contributed by atoms with Gasteiger partial charge in [0, 0.05) is 10.4 Å². The summed E-state index contributed by atoms with van der Waals surface area (Å²) in [4.78, 5) is 39.0. The van der Waals surface area contributed by atoms with Crippen molar-refractivity contribution in [1.29, 1.82) is 0 Å². The maximum Gasteiger partial charge on any atom is 0.341 e. The molecule has 0 bridgehead atoms. The number of carbonyl (C=O) groups is 3. The summed E-state index contributed by atoms with van der Waals surface area (Å²) >= 11 is 1.26. The zero-order valence-corrected chi connectivity index (χ0v) is 20.8. The van der Waals surface area contributed by atoms with Crippen LogP contribution in [0.1, 0.15) is 64.3 Å². The summed E-state index contributed by atoms with van der Waals surface area (Å²) in [6.07, 6.45) is 1.14. The molecule has 9 nitrogen and oxygen atoms in total. The van der Waals surface area contributed by atoms with Gasteiger partial charge in [0.2, 0.25) is 5.75 Å². The molecule has 2 aromatic rings. The predicted octanol–water partition coefficient (Wildman–Crippen LogP) is 4.19. The number of methoxy groups -OCH3 is 2. The van der Waals surface area contributed by atoms with E-state index in [0.717, 1.165) is 4.88 Å². The largest absolute Gasteiger partial charge is 0.490 e. The lowest BCUT2D eigenvalue weighted by atomic mass is 9.99. The topological polar surface area (TPSA) is 109 Å². The number of hydrogen-bond donors (Lipinski definition) is 1. The number of anilines is 1. The molecule has 1 aliphatic carbocycles. The third-order valence-corrected chi connectivity index (χ3v) is 6.48. The van der Waals surface area contributed by atoms with Crippen LogP contribution in [0.5, 0.6) is 17.2 Å². The summed E-state index contributed by atoms with van der Waals surface area (Å²) in [5, 5.41) is 3.13. The maximum atomic E-state index is 13.3. The third kappa shape index (κ3) is 4.96. The van der Waals surface area contributed by atoms with Gasteiger partial charge in [-0.2, -0.15) is 0 Å². The Kier molecular flexibility index (Phi) is 8.38. The average Bonchev–Trinajstić information content (AvgIpc) is 3.39. The van der Waals surface area contributed by atoms with E-state index in [9.17, 15) is 14.4 Å². The van der Waals surface area contributed by atoms with Crippen LogP contribution in [0.3, 0.4) is 0 Å². The highest BCUT2D eigenvalue weighted by Gasteiger charge is 2.38. The molecule has 1 heterocycles. The number of esters is 2. The smallest absolute Gasteiger partial charge is 0.341 e. The Bertz CT molecular complexity index is 1050. The molecule has 0 saturated carbocycles. The minimum Gasteiger partial charge on any atom is -0.490 e. The second-order valence-corrected chi connectivity index (χ2v) is 8.41. The summed E-state index contributed by atoms with van der Waals surface area (Å²) in [5.41, 5.74) is 1.02.